The molecule has 4 nitrogen and oxygen atoms in total. The van der Waals surface area contributed by atoms with Crippen LogP contribution in [0.2, 0.25) is 0 Å². The van der Waals surface area contributed by atoms with Crippen LogP contribution in [0.1, 0.15) is 38.7 Å². The Balaban J connectivity index is 2.86. The lowest BCUT2D eigenvalue weighted by Gasteiger charge is -2.26. The van der Waals surface area contributed by atoms with Gasteiger partial charge in [0.25, 0.3) is 0 Å². The second kappa shape index (κ2) is 6.50. The number of nitrogens with one attached hydrogen (secondary N) is 1. The summed E-state index contributed by atoms with van der Waals surface area (Å²) in [6.07, 6.45) is 0.619. The summed E-state index contributed by atoms with van der Waals surface area (Å²) in [6.45, 7) is 5.25. The first kappa shape index (κ1) is 16.1. The fourth-order valence-electron chi connectivity index (χ4n) is 2.11. The SMILES string of the molecule is CCC(CC)(CC(=O)Nc1cc(F)ccc1C)C(=O)O. The van der Waals surface area contributed by atoms with Crippen LogP contribution < -0.4 is 5.32 Å². The highest BCUT2D eigenvalue weighted by molar-refractivity contribution is 5.94. The normalized spacial score (nSPS) is 11.2. The standard InChI is InChI=1S/C15H20FNO3/c1-4-15(5-2,14(19)20)9-13(18)17-12-8-11(16)7-6-10(12)3/h6-8H,4-5,9H2,1-3H3,(H,17,18)(H,19,20). The highest BCUT2D eigenvalue weighted by atomic mass is 19.1. The topological polar surface area (TPSA) is 66.4 Å². The first-order chi connectivity index (χ1) is 9.34. The molecule has 1 amide bonds. The number of carbonyl (C=O) groups is 2. The van der Waals surface area contributed by atoms with Crippen LogP contribution in [-0.2, 0) is 9.59 Å². The van der Waals surface area contributed by atoms with Gasteiger partial charge in [-0.25, -0.2) is 4.39 Å². The van der Waals surface area contributed by atoms with Crippen molar-refractivity contribution in [1.29, 1.82) is 0 Å². The quantitative estimate of drug-likeness (QED) is 0.840. The Labute approximate surface area is 118 Å². The van der Waals surface area contributed by atoms with Gasteiger partial charge in [0, 0.05) is 12.1 Å². The predicted molar refractivity (Wildman–Crippen MR) is 75.0 cm³/mol. The van der Waals surface area contributed by atoms with E-state index in [-0.39, 0.29) is 6.42 Å². The molecule has 0 fully saturated rings. The van der Waals surface area contributed by atoms with Crippen LogP contribution in [0.15, 0.2) is 18.2 Å². The van der Waals surface area contributed by atoms with Gasteiger partial charge in [-0.1, -0.05) is 19.9 Å². The molecule has 0 saturated heterocycles. The van der Waals surface area contributed by atoms with E-state index in [1.165, 1.54) is 12.1 Å². The van der Waals surface area contributed by atoms with E-state index in [9.17, 15) is 19.1 Å². The van der Waals surface area contributed by atoms with Crippen LogP contribution in [-0.4, -0.2) is 17.0 Å². The number of hydrogen-bond donors (Lipinski definition) is 2. The second-order valence-corrected chi connectivity index (χ2v) is 4.98. The number of carbonyl (C=O) groups excluding carboxylic acids is 1. The van der Waals surface area contributed by atoms with E-state index in [0.717, 1.165) is 5.56 Å². The van der Waals surface area contributed by atoms with Crippen molar-refractivity contribution in [1.82, 2.24) is 0 Å². The molecular formula is C15H20FNO3. The molecule has 1 aromatic carbocycles. The lowest BCUT2D eigenvalue weighted by atomic mass is 9.79. The van der Waals surface area contributed by atoms with Gasteiger partial charge in [-0.3, -0.25) is 9.59 Å². The van der Waals surface area contributed by atoms with Crippen molar-refractivity contribution in [3.8, 4) is 0 Å². The summed E-state index contributed by atoms with van der Waals surface area (Å²) in [5, 5.41) is 11.9. The Morgan fingerprint density at radius 2 is 1.90 bits per heavy atom. The van der Waals surface area contributed by atoms with Gasteiger partial charge in [-0.05, 0) is 37.5 Å². The molecule has 0 saturated carbocycles. The fraction of sp³-hybridized carbons (Fsp3) is 0.467. The van der Waals surface area contributed by atoms with E-state index in [0.29, 0.717) is 18.5 Å². The van der Waals surface area contributed by atoms with Crippen molar-refractivity contribution in [2.75, 3.05) is 5.32 Å². The van der Waals surface area contributed by atoms with E-state index < -0.39 is 23.1 Å². The molecule has 0 aromatic heterocycles. The summed E-state index contributed by atoms with van der Waals surface area (Å²) in [5.74, 6) is -1.83. The molecule has 0 bridgehead atoms. The Bertz CT molecular complexity index is 510. The van der Waals surface area contributed by atoms with Gasteiger partial charge < -0.3 is 10.4 Å². The molecule has 0 atom stereocenters. The van der Waals surface area contributed by atoms with Gasteiger partial charge in [0.2, 0.25) is 5.91 Å². The van der Waals surface area contributed by atoms with E-state index in [2.05, 4.69) is 5.32 Å². The first-order valence-electron chi connectivity index (χ1n) is 6.64. The number of rotatable bonds is 6. The third-order valence-corrected chi connectivity index (χ3v) is 3.78. The zero-order valence-electron chi connectivity index (χ0n) is 12.0. The van der Waals surface area contributed by atoms with E-state index in [1.807, 2.05) is 0 Å². The van der Waals surface area contributed by atoms with Gasteiger partial charge in [0.1, 0.15) is 5.82 Å². The Morgan fingerprint density at radius 3 is 2.40 bits per heavy atom. The third-order valence-electron chi connectivity index (χ3n) is 3.78. The molecular weight excluding hydrogens is 261 g/mol. The summed E-state index contributed by atoms with van der Waals surface area (Å²) in [7, 11) is 0. The monoisotopic (exact) mass is 281 g/mol. The highest BCUT2D eigenvalue weighted by Crippen LogP contribution is 2.31. The van der Waals surface area contributed by atoms with Gasteiger partial charge >= 0.3 is 5.97 Å². The molecule has 0 aliphatic heterocycles. The summed E-state index contributed by atoms with van der Waals surface area (Å²) in [4.78, 5) is 23.4. The van der Waals surface area contributed by atoms with Gasteiger partial charge in [-0.15, -0.1) is 0 Å². The molecule has 110 valence electrons. The molecule has 0 aliphatic carbocycles. The van der Waals surface area contributed by atoms with Gasteiger partial charge in [-0.2, -0.15) is 0 Å². The summed E-state index contributed by atoms with van der Waals surface area (Å²) < 4.78 is 13.2. The maximum absolute atomic E-state index is 13.2. The molecule has 0 unspecified atom stereocenters. The maximum atomic E-state index is 13.2. The highest BCUT2D eigenvalue weighted by Gasteiger charge is 2.37. The smallest absolute Gasteiger partial charge is 0.310 e. The number of halogens is 1. The van der Waals surface area contributed by atoms with Gasteiger partial charge in [0.15, 0.2) is 0 Å². The number of carboxylic acids is 1. The van der Waals surface area contributed by atoms with Crippen LogP contribution >= 0.6 is 0 Å². The lowest BCUT2D eigenvalue weighted by molar-refractivity contribution is -0.151. The van der Waals surface area contributed by atoms with Crippen molar-refractivity contribution >= 4 is 17.6 Å². The van der Waals surface area contributed by atoms with E-state index in [1.54, 1.807) is 26.8 Å². The molecule has 0 radical (unpaired) electrons. The number of benzene rings is 1. The van der Waals surface area contributed by atoms with Crippen LogP contribution in [0.3, 0.4) is 0 Å². The first-order valence-corrected chi connectivity index (χ1v) is 6.64. The van der Waals surface area contributed by atoms with Crippen molar-refractivity contribution in [3.05, 3.63) is 29.6 Å². The van der Waals surface area contributed by atoms with Crippen LogP contribution in [0.4, 0.5) is 10.1 Å². The minimum atomic E-state index is -1.06. The Hall–Kier alpha value is -1.91. The zero-order chi connectivity index (χ0) is 15.3. The van der Waals surface area contributed by atoms with Crippen LogP contribution in [0.5, 0.6) is 0 Å². The summed E-state index contributed by atoms with van der Waals surface area (Å²) in [5.41, 5.74) is 0.0425. The van der Waals surface area contributed by atoms with Crippen molar-refractivity contribution in [3.63, 3.8) is 0 Å². The average Bonchev–Trinajstić information content (AvgIpc) is 2.40. The van der Waals surface area contributed by atoms with Crippen LogP contribution in [0, 0.1) is 18.2 Å². The lowest BCUT2D eigenvalue weighted by Crippen LogP contribution is -2.34. The number of aliphatic carboxylic acids is 1. The number of amides is 1. The number of anilines is 1. The number of carboxylic acid groups (broad SMARTS) is 1. The largest absolute Gasteiger partial charge is 0.481 e. The zero-order valence-corrected chi connectivity index (χ0v) is 12.0. The minimum Gasteiger partial charge on any atom is -0.481 e. The summed E-state index contributed by atoms with van der Waals surface area (Å²) >= 11 is 0. The second-order valence-electron chi connectivity index (χ2n) is 4.98. The van der Waals surface area contributed by atoms with Gasteiger partial charge in [0.05, 0.1) is 5.41 Å². The molecule has 0 heterocycles. The number of aryl methyl sites for hydroxylation is 1. The van der Waals surface area contributed by atoms with Crippen molar-refractivity contribution < 1.29 is 19.1 Å². The predicted octanol–water partition coefficient (Wildman–Crippen LogP) is 3.35. The molecule has 1 aromatic rings. The fourth-order valence-corrected chi connectivity index (χ4v) is 2.11. The Morgan fingerprint density at radius 1 is 1.30 bits per heavy atom. The molecule has 20 heavy (non-hydrogen) atoms. The van der Waals surface area contributed by atoms with E-state index >= 15 is 0 Å². The van der Waals surface area contributed by atoms with Crippen molar-refractivity contribution in [2.45, 2.75) is 40.0 Å². The Kier molecular flexibility index (Phi) is 5.25. The van der Waals surface area contributed by atoms with Crippen LogP contribution in [0.25, 0.3) is 0 Å². The molecule has 5 heteroatoms. The molecule has 0 spiro atoms. The molecule has 0 aliphatic rings. The average molecular weight is 281 g/mol. The maximum Gasteiger partial charge on any atom is 0.310 e. The number of hydrogen-bond acceptors (Lipinski definition) is 2. The molecule has 2 N–H and O–H groups in total. The molecule has 1 rings (SSSR count). The van der Waals surface area contributed by atoms with E-state index in [4.69, 9.17) is 0 Å². The minimum absolute atomic E-state index is 0.120. The van der Waals surface area contributed by atoms with Crippen molar-refractivity contribution in [2.24, 2.45) is 5.41 Å². The summed E-state index contributed by atoms with van der Waals surface area (Å²) in [6, 6.07) is 4.10. The third kappa shape index (κ3) is 3.56.